The highest BCUT2D eigenvalue weighted by Gasteiger charge is 2.23. The topological polar surface area (TPSA) is 41.5 Å². The van der Waals surface area contributed by atoms with Crippen LogP contribution in [0.3, 0.4) is 0 Å². The number of nitrogens with one attached hydrogen (secondary N) is 1. The Kier molecular flexibility index (Phi) is 4.13. The standard InChI is InChI=1S/C13H18ClNO2/c1-17-9-6-7-10(14)12(8-9)15-11-4-2-3-5-13(11)16/h6-8,11,13,15-16H,2-5H2,1H3/t11-,13-/m0/s1. The molecule has 1 aromatic rings. The lowest BCUT2D eigenvalue weighted by Gasteiger charge is -2.29. The molecule has 1 aliphatic rings. The maximum absolute atomic E-state index is 9.91. The van der Waals surface area contributed by atoms with Gasteiger partial charge in [0.25, 0.3) is 0 Å². The lowest BCUT2D eigenvalue weighted by Crippen LogP contribution is -2.36. The molecule has 17 heavy (non-hydrogen) atoms. The zero-order valence-corrected chi connectivity index (χ0v) is 10.7. The molecule has 0 saturated heterocycles. The molecule has 0 bridgehead atoms. The van der Waals surface area contributed by atoms with Gasteiger partial charge in [-0.15, -0.1) is 0 Å². The van der Waals surface area contributed by atoms with Crippen molar-refractivity contribution in [2.45, 2.75) is 37.8 Å². The van der Waals surface area contributed by atoms with E-state index in [1.54, 1.807) is 13.2 Å². The predicted octanol–water partition coefficient (Wildman–Crippen LogP) is 3.06. The van der Waals surface area contributed by atoms with Crippen molar-refractivity contribution < 1.29 is 9.84 Å². The van der Waals surface area contributed by atoms with Gasteiger partial charge in [-0.2, -0.15) is 0 Å². The van der Waals surface area contributed by atoms with Crippen LogP contribution in [0.1, 0.15) is 25.7 Å². The average Bonchev–Trinajstić information content (AvgIpc) is 2.35. The van der Waals surface area contributed by atoms with Gasteiger partial charge < -0.3 is 15.2 Å². The molecule has 0 heterocycles. The number of anilines is 1. The minimum Gasteiger partial charge on any atom is -0.497 e. The van der Waals surface area contributed by atoms with Gasteiger partial charge in [0, 0.05) is 6.07 Å². The van der Waals surface area contributed by atoms with E-state index in [9.17, 15) is 5.11 Å². The molecule has 2 atom stereocenters. The van der Waals surface area contributed by atoms with Gasteiger partial charge >= 0.3 is 0 Å². The third-order valence-electron chi connectivity index (χ3n) is 3.24. The van der Waals surface area contributed by atoms with E-state index in [1.807, 2.05) is 12.1 Å². The molecule has 0 aromatic heterocycles. The number of methoxy groups -OCH3 is 1. The Morgan fingerprint density at radius 1 is 1.35 bits per heavy atom. The molecule has 0 radical (unpaired) electrons. The lowest BCUT2D eigenvalue weighted by molar-refractivity contribution is 0.116. The molecule has 1 saturated carbocycles. The fourth-order valence-electron chi connectivity index (χ4n) is 2.22. The zero-order chi connectivity index (χ0) is 12.3. The zero-order valence-electron chi connectivity index (χ0n) is 9.95. The van der Waals surface area contributed by atoms with Crippen molar-refractivity contribution in [3.63, 3.8) is 0 Å². The molecule has 3 nitrogen and oxygen atoms in total. The summed E-state index contributed by atoms with van der Waals surface area (Å²) in [5.41, 5.74) is 0.831. The molecular formula is C13H18ClNO2. The summed E-state index contributed by atoms with van der Waals surface area (Å²) in [5.74, 6) is 0.766. The predicted molar refractivity (Wildman–Crippen MR) is 69.9 cm³/mol. The van der Waals surface area contributed by atoms with Crippen LogP contribution in [0.4, 0.5) is 5.69 Å². The summed E-state index contributed by atoms with van der Waals surface area (Å²) >= 11 is 6.12. The summed E-state index contributed by atoms with van der Waals surface area (Å²) < 4.78 is 5.16. The van der Waals surface area contributed by atoms with Crippen molar-refractivity contribution in [1.82, 2.24) is 0 Å². The second-order valence-electron chi connectivity index (χ2n) is 4.45. The first-order chi connectivity index (χ1) is 8.20. The van der Waals surface area contributed by atoms with Crippen LogP contribution in [0, 0.1) is 0 Å². The highest BCUT2D eigenvalue weighted by Crippen LogP contribution is 2.30. The van der Waals surface area contributed by atoms with Crippen LogP contribution in [0.15, 0.2) is 18.2 Å². The number of aliphatic hydroxyl groups is 1. The highest BCUT2D eigenvalue weighted by atomic mass is 35.5. The molecular weight excluding hydrogens is 238 g/mol. The van der Waals surface area contributed by atoms with Gasteiger partial charge in [-0.05, 0) is 25.0 Å². The number of hydrogen-bond acceptors (Lipinski definition) is 3. The molecule has 94 valence electrons. The van der Waals surface area contributed by atoms with Gasteiger partial charge in [-0.25, -0.2) is 0 Å². The quantitative estimate of drug-likeness (QED) is 0.872. The van der Waals surface area contributed by atoms with E-state index in [0.29, 0.717) is 5.02 Å². The van der Waals surface area contributed by atoms with Crippen LogP contribution >= 0.6 is 11.6 Å². The lowest BCUT2D eigenvalue weighted by atomic mass is 9.92. The smallest absolute Gasteiger partial charge is 0.121 e. The van der Waals surface area contributed by atoms with Crippen molar-refractivity contribution in [3.05, 3.63) is 23.2 Å². The fourth-order valence-corrected chi connectivity index (χ4v) is 2.39. The van der Waals surface area contributed by atoms with E-state index in [-0.39, 0.29) is 12.1 Å². The molecule has 2 rings (SSSR count). The molecule has 0 aliphatic heterocycles. The number of halogens is 1. The second-order valence-corrected chi connectivity index (χ2v) is 4.86. The van der Waals surface area contributed by atoms with Crippen molar-refractivity contribution in [2.24, 2.45) is 0 Å². The van der Waals surface area contributed by atoms with Gasteiger partial charge in [0.05, 0.1) is 30.0 Å². The van der Waals surface area contributed by atoms with E-state index in [0.717, 1.165) is 37.1 Å². The third kappa shape index (κ3) is 3.05. The summed E-state index contributed by atoms with van der Waals surface area (Å²) in [7, 11) is 1.63. The van der Waals surface area contributed by atoms with Gasteiger partial charge in [-0.1, -0.05) is 24.4 Å². The van der Waals surface area contributed by atoms with Crippen molar-refractivity contribution in [1.29, 1.82) is 0 Å². The first-order valence-electron chi connectivity index (χ1n) is 5.99. The summed E-state index contributed by atoms with van der Waals surface area (Å²) in [5, 5.41) is 13.9. The van der Waals surface area contributed by atoms with Crippen LogP contribution in [0.25, 0.3) is 0 Å². The Labute approximate surface area is 107 Å². The van der Waals surface area contributed by atoms with Gasteiger partial charge in [-0.3, -0.25) is 0 Å². The largest absolute Gasteiger partial charge is 0.497 e. The van der Waals surface area contributed by atoms with Gasteiger partial charge in [0.15, 0.2) is 0 Å². The third-order valence-corrected chi connectivity index (χ3v) is 3.57. The Balaban J connectivity index is 2.11. The van der Waals surface area contributed by atoms with Crippen LogP contribution in [0.5, 0.6) is 5.75 Å². The maximum atomic E-state index is 9.91. The van der Waals surface area contributed by atoms with Crippen LogP contribution < -0.4 is 10.1 Å². The summed E-state index contributed by atoms with van der Waals surface area (Å²) in [6, 6.07) is 5.58. The van der Waals surface area contributed by atoms with E-state index < -0.39 is 0 Å². The molecule has 1 aromatic carbocycles. The van der Waals surface area contributed by atoms with Gasteiger partial charge in [0.2, 0.25) is 0 Å². The highest BCUT2D eigenvalue weighted by molar-refractivity contribution is 6.33. The number of hydrogen-bond donors (Lipinski definition) is 2. The fraction of sp³-hybridized carbons (Fsp3) is 0.538. The number of benzene rings is 1. The molecule has 0 amide bonds. The Hall–Kier alpha value is -0.930. The van der Waals surface area contributed by atoms with Crippen LogP contribution in [0.2, 0.25) is 5.02 Å². The molecule has 0 unspecified atom stereocenters. The molecule has 4 heteroatoms. The monoisotopic (exact) mass is 255 g/mol. The average molecular weight is 256 g/mol. The Bertz CT molecular complexity index is 384. The van der Waals surface area contributed by atoms with Crippen LogP contribution in [-0.4, -0.2) is 24.4 Å². The first-order valence-corrected chi connectivity index (χ1v) is 6.36. The molecule has 1 fully saturated rings. The van der Waals surface area contributed by atoms with E-state index in [4.69, 9.17) is 16.3 Å². The normalized spacial score (nSPS) is 24.4. The van der Waals surface area contributed by atoms with Crippen molar-refractivity contribution in [3.8, 4) is 5.75 Å². The minimum absolute atomic E-state index is 0.0911. The number of ether oxygens (including phenoxy) is 1. The molecule has 0 spiro atoms. The van der Waals surface area contributed by atoms with E-state index >= 15 is 0 Å². The number of rotatable bonds is 3. The van der Waals surface area contributed by atoms with E-state index in [1.165, 1.54) is 0 Å². The maximum Gasteiger partial charge on any atom is 0.121 e. The van der Waals surface area contributed by atoms with Crippen molar-refractivity contribution >= 4 is 17.3 Å². The summed E-state index contributed by atoms with van der Waals surface area (Å²) in [6.45, 7) is 0. The van der Waals surface area contributed by atoms with Crippen LogP contribution in [-0.2, 0) is 0 Å². The first kappa shape index (κ1) is 12.5. The minimum atomic E-state index is -0.286. The second kappa shape index (κ2) is 5.61. The molecule has 1 aliphatic carbocycles. The Morgan fingerprint density at radius 3 is 2.82 bits per heavy atom. The summed E-state index contributed by atoms with van der Waals surface area (Å²) in [6.07, 6.45) is 3.81. The number of aliphatic hydroxyl groups excluding tert-OH is 1. The van der Waals surface area contributed by atoms with Crippen molar-refractivity contribution in [2.75, 3.05) is 12.4 Å². The van der Waals surface area contributed by atoms with E-state index in [2.05, 4.69) is 5.32 Å². The summed E-state index contributed by atoms with van der Waals surface area (Å²) in [4.78, 5) is 0. The van der Waals surface area contributed by atoms with Gasteiger partial charge in [0.1, 0.15) is 5.75 Å². The SMILES string of the molecule is COc1ccc(Cl)c(N[C@H]2CCCC[C@@H]2O)c1. The molecule has 2 N–H and O–H groups in total. The Morgan fingerprint density at radius 2 is 2.12 bits per heavy atom.